The Balaban J connectivity index is 1.22. The van der Waals surface area contributed by atoms with Crippen molar-refractivity contribution in [2.75, 3.05) is 20.0 Å². The van der Waals surface area contributed by atoms with Gasteiger partial charge in [-0.3, -0.25) is 20.4 Å². The van der Waals surface area contributed by atoms with E-state index in [1.54, 1.807) is 30.3 Å². The van der Waals surface area contributed by atoms with Crippen LogP contribution in [0.15, 0.2) is 42.5 Å². The highest BCUT2D eigenvalue weighted by atomic mass is 16.7. The van der Waals surface area contributed by atoms with Gasteiger partial charge in [-0.25, -0.2) is 4.79 Å². The molecule has 2 heterocycles. The number of esters is 1. The Labute approximate surface area is 164 Å². The molecule has 0 saturated carbocycles. The fraction of sp³-hybridized carbons (Fsp3) is 0.211. The summed E-state index contributed by atoms with van der Waals surface area (Å²) < 4.78 is 26.2. The molecule has 0 radical (unpaired) electrons. The van der Waals surface area contributed by atoms with E-state index in [0.717, 1.165) is 0 Å². The third-order valence-electron chi connectivity index (χ3n) is 4.07. The van der Waals surface area contributed by atoms with Gasteiger partial charge >= 0.3 is 5.97 Å². The molecule has 0 spiro atoms. The Morgan fingerprint density at radius 3 is 2.55 bits per heavy atom. The predicted octanol–water partition coefficient (Wildman–Crippen LogP) is 0.560. The highest BCUT2D eigenvalue weighted by Gasteiger charge is 2.27. The summed E-state index contributed by atoms with van der Waals surface area (Å²) in [5, 5.41) is 0. The lowest BCUT2D eigenvalue weighted by Gasteiger charge is -2.25. The van der Waals surface area contributed by atoms with Crippen LogP contribution >= 0.6 is 0 Å². The number of carbonyl (C=O) groups is 3. The number of hydrogen-bond acceptors (Lipinski definition) is 8. The number of rotatable bonds is 4. The molecule has 0 fully saturated rings. The van der Waals surface area contributed by atoms with E-state index in [4.69, 9.17) is 23.7 Å². The van der Waals surface area contributed by atoms with Gasteiger partial charge in [0.1, 0.15) is 6.61 Å². The molecule has 2 aromatic carbocycles. The van der Waals surface area contributed by atoms with Crippen LogP contribution in [-0.4, -0.2) is 43.9 Å². The maximum atomic E-state index is 12.1. The van der Waals surface area contributed by atoms with E-state index in [0.29, 0.717) is 23.0 Å². The van der Waals surface area contributed by atoms with E-state index in [9.17, 15) is 14.4 Å². The molecule has 4 rings (SSSR count). The summed E-state index contributed by atoms with van der Waals surface area (Å²) in [5.74, 6) is -0.116. The number of benzene rings is 2. The van der Waals surface area contributed by atoms with Crippen molar-refractivity contribution < 1.29 is 38.1 Å². The third kappa shape index (κ3) is 4.15. The minimum absolute atomic E-state index is 0.00217. The second kappa shape index (κ2) is 7.97. The van der Waals surface area contributed by atoms with Crippen molar-refractivity contribution in [2.24, 2.45) is 0 Å². The van der Waals surface area contributed by atoms with Gasteiger partial charge in [-0.2, -0.15) is 0 Å². The van der Waals surface area contributed by atoms with Gasteiger partial charge < -0.3 is 23.7 Å². The van der Waals surface area contributed by atoms with Gasteiger partial charge in [0.15, 0.2) is 29.6 Å². The first-order valence-electron chi connectivity index (χ1n) is 8.64. The van der Waals surface area contributed by atoms with Crippen molar-refractivity contribution in [1.82, 2.24) is 10.9 Å². The monoisotopic (exact) mass is 400 g/mol. The topological polar surface area (TPSA) is 121 Å². The zero-order valence-corrected chi connectivity index (χ0v) is 15.0. The number of nitrogens with one attached hydrogen (secondary N) is 2. The SMILES string of the molecule is O=C(COC(=O)c1ccc2c(c1)OCO2)NNC(=O)[C@H]1COc2ccccc2O1. The molecule has 10 nitrogen and oxygen atoms in total. The Morgan fingerprint density at radius 2 is 1.69 bits per heavy atom. The number of carbonyl (C=O) groups excluding carboxylic acids is 3. The van der Waals surface area contributed by atoms with E-state index in [1.807, 2.05) is 0 Å². The van der Waals surface area contributed by atoms with E-state index < -0.39 is 30.5 Å². The van der Waals surface area contributed by atoms with Gasteiger partial charge in [0, 0.05) is 0 Å². The summed E-state index contributed by atoms with van der Waals surface area (Å²) >= 11 is 0. The molecule has 0 aromatic heterocycles. The molecule has 10 heteroatoms. The van der Waals surface area contributed by atoms with Crippen molar-refractivity contribution in [2.45, 2.75) is 6.10 Å². The lowest BCUT2D eigenvalue weighted by Crippen LogP contribution is -2.51. The lowest BCUT2D eigenvalue weighted by molar-refractivity contribution is -0.135. The van der Waals surface area contributed by atoms with E-state index in [-0.39, 0.29) is 19.0 Å². The smallest absolute Gasteiger partial charge is 0.338 e. The highest BCUT2D eigenvalue weighted by molar-refractivity contribution is 5.92. The molecular formula is C19H16N2O8. The largest absolute Gasteiger partial charge is 0.485 e. The molecule has 0 bridgehead atoms. The number of para-hydroxylation sites is 2. The van der Waals surface area contributed by atoms with Crippen LogP contribution in [0.5, 0.6) is 23.0 Å². The maximum absolute atomic E-state index is 12.1. The first kappa shape index (κ1) is 18.4. The first-order chi connectivity index (χ1) is 14.1. The van der Waals surface area contributed by atoms with Crippen LogP contribution in [-0.2, 0) is 14.3 Å². The van der Waals surface area contributed by atoms with Gasteiger partial charge in [-0.05, 0) is 30.3 Å². The zero-order chi connectivity index (χ0) is 20.2. The Kier molecular flexibility index (Phi) is 5.06. The van der Waals surface area contributed by atoms with Crippen molar-refractivity contribution in [1.29, 1.82) is 0 Å². The molecule has 1 atom stereocenters. The summed E-state index contributed by atoms with van der Waals surface area (Å²) in [7, 11) is 0. The van der Waals surface area contributed by atoms with Crippen molar-refractivity contribution in [3.8, 4) is 23.0 Å². The summed E-state index contributed by atoms with van der Waals surface area (Å²) in [6.07, 6.45) is -0.929. The second-order valence-electron chi connectivity index (χ2n) is 6.05. The molecule has 2 aliphatic rings. The number of ether oxygens (including phenoxy) is 5. The molecule has 2 aromatic rings. The summed E-state index contributed by atoms with van der Waals surface area (Å²) in [5.41, 5.74) is 4.57. The van der Waals surface area contributed by atoms with Crippen LogP contribution in [0.1, 0.15) is 10.4 Å². The zero-order valence-electron chi connectivity index (χ0n) is 15.0. The van der Waals surface area contributed by atoms with Gasteiger partial charge in [0.25, 0.3) is 11.8 Å². The Morgan fingerprint density at radius 1 is 0.931 bits per heavy atom. The molecule has 0 saturated heterocycles. The lowest BCUT2D eigenvalue weighted by atomic mass is 10.2. The fourth-order valence-corrected chi connectivity index (χ4v) is 2.63. The number of hydrogen-bond donors (Lipinski definition) is 2. The van der Waals surface area contributed by atoms with Crippen molar-refractivity contribution >= 4 is 17.8 Å². The quantitative estimate of drug-likeness (QED) is 0.564. The molecule has 2 amide bonds. The number of amides is 2. The Bertz CT molecular complexity index is 961. The van der Waals surface area contributed by atoms with Crippen LogP contribution in [0.3, 0.4) is 0 Å². The highest BCUT2D eigenvalue weighted by Crippen LogP contribution is 2.32. The van der Waals surface area contributed by atoms with Crippen LogP contribution < -0.4 is 29.8 Å². The van der Waals surface area contributed by atoms with E-state index in [1.165, 1.54) is 12.1 Å². The number of fused-ring (bicyclic) bond motifs is 2. The summed E-state index contributed by atoms with van der Waals surface area (Å²) in [6, 6.07) is 11.5. The third-order valence-corrected chi connectivity index (χ3v) is 4.07. The Hall–Kier alpha value is -3.95. The summed E-state index contributed by atoms with van der Waals surface area (Å²) in [4.78, 5) is 36.0. The average molecular weight is 400 g/mol. The molecular weight excluding hydrogens is 384 g/mol. The fourth-order valence-electron chi connectivity index (χ4n) is 2.63. The molecule has 0 unspecified atom stereocenters. The van der Waals surface area contributed by atoms with Crippen LogP contribution in [0.2, 0.25) is 0 Å². The molecule has 2 aliphatic heterocycles. The van der Waals surface area contributed by atoms with Crippen LogP contribution in [0.25, 0.3) is 0 Å². The van der Waals surface area contributed by atoms with E-state index >= 15 is 0 Å². The second-order valence-corrected chi connectivity index (χ2v) is 6.05. The van der Waals surface area contributed by atoms with Crippen molar-refractivity contribution in [3.63, 3.8) is 0 Å². The predicted molar refractivity (Wildman–Crippen MR) is 95.5 cm³/mol. The van der Waals surface area contributed by atoms with Gasteiger partial charge in [0.2, 0.25) is 12.9 Å². The minimum atomic E-state index is -0.929. The molecule has 150 valence electrons. The van der Waals surface area contributed by atoms with Crippen molar-refractivity contribution in [3.05, 3.63) is 48.0 Å². The average Bonchev–Trinajstić information content (AvgIpc) is 3.23. The molecule has 0 aliphatic carbocycles. The van der Waals surface area contributed by atoms with E-state index in [2.05, 4.69) is 10.9 Å². The van der Waals surface area contributed by atoms with Crippen LogP contribution in [0.4, 0.5) is 0 Å². The van der Waals surface area contributed by atoms with Gasteiger partial charge in [-0.1, -0.05) is 12.1 Å². The normalized spacial score (nSPS) is 15.9. The molecule has 29 heavy (non-hydrogen) atoms. The standard InChI is InChI=1S/C19H16N2O8/c22-17(9-26-19(24)11-5-6-13-15(7-11)28-10-27-13)20-21-18(23)16-8-25-12-3-1-2-4-14(12)29-16/h1-7,16H,8-10H2,(H,20,22)(H,21,23)/t16-/m1/s1. The minimum Gasteiger partial charge on any atom is -0.485 e. The summed E-state index contributed by atoms with van der Waals surface area (Å²) in [6.45, 7) is -0.506. The van der Waals surface area contributed by atoms with Gasteiger partial charge in [0.05, 0.1) is 5.56 Å². The van der Waals surface area contributed by atoms with Crippen LogP contribution in [0, 0.1) is 0 Å². The molecule has 2 N–H and O–H groups in total. The maximum Gasteiger partial charge on any atom is 0.338 e. The first-order valence-corrected chi connectivity index (χ1v) is 8.64. The van der Waals surface area contributed by atoms with Gasteiger partial charge in [-0.15, -0.1) is 0 Å². The number of hydrazine groups is 1.